The molecule has 0 aromatic heterocycles. The van der Waals surface area contributed by atoms with Crippen molar-refractivity contribution in [1.82, 2.24) is 5.32 Å². The van der Waals surface area contributed by atoms with Crippen molar-refractivity contribution >= 4 is 45.2 Å². The number of carbonyl (C=O) groups is 2. The number of hydrogen-bond donors (Lipinski definition) is 2. The minimum absolute atomic E-state index is 0.326. The molecular weight excluding hydrogens is 460 g/mol. The van der Waals surface area contributed by atoms with Gasteiger partial charge in [-0.25, -0.2) is 9.59 Å². The predicted molar refractivity (Wildman–Crippen MR) is 118 cm³/mol. The molecule has 0 aliphatic rings. The molecule has 0 unspecified atom stereocenters. The van der Waals surface area contributed by atoms with Crippen molar-refractivity contribution in [3.63, 3.8) is 0 Å². The maximum Gasteiger partial charge on any atom is 0.340 e. The summed E-state index contributed by atoms with van der Waals surface area (Å²) in [4.78, 5) is 24.3. The first-order valence-electron chi connectivity index (χ1n) is 9.40. The second-order valence-electron chi connectivity index (χ2n) is 6.19. The topological polar surface area (TPSA) is 76.7 Å². The molecule has 0 aliphatic heterocycles. The molecule has 0 heterocycles. The van der Waals surface area contributed by atoms with Crippen LogP contribution < -0.4 is 15.4 Å². The summed E-state index contributed by atoms with van der Waals surface area (Å²) in [7, 11) is 0. The van der Waals surface area contributed by atoms with E-state index in [9.17, 15) is 9.59 Å². The first-order chi connectivity index (χ1) is 14.0. The number of rotatable bonds is 10. The highest BCUT2D eigenvalue weighted by molar-refractivity contribution is 9.10. The summed E-state index contributed by atoms with van der Waals surface area (Å²) in [5.74, 6) is 0.143. The lowest BCUT2D eigenvalue weighted by atomic mass is 10.2. The first-order valence-corrected chi connectivity index (χ1v) is 10.6. The molecule has 0 radical (unpaired) electrons. The Morgan fingerprint density at radius 3 is 2.66 bits per heavy atom. The number of para-hydroxylation sites is 1. The number of esters is 1. The average molecular weight is 484 g/mol. The molecule has 2 N–H and O–H groups in total. The second kappa shape index (κ2) is 12.3. The third kappa shape index (κ3) is 7.95. The van der Waals surface area contributed by atoms with Gasteiger partial charge in [0.05, 0.1) is 29.5 Å². The highest BCUT2D eigenvalue weighted by Crippen LogP contribution is 2.27. The SMILES string of the molecule is CCCCOC(=O)c1ccccc1NC(=O)NCCCOc1ccc(Br)cc1Cl. The summed E-state index contributed by atoms with van der Waals surface area (Å²) in [5.41, 5.74) is 0.733. The van der Waals surface area contributed by atoms with Crippen LogP contribution in [0.15, 0.2) is 46.9 Å². The normalized spacial score (nSPS) is 10.3. The van der Waals surface area contributed by atoms with Gasteiger partial charge in [-0.3, -0.25) is 0 Å². The highest BCUT2D eigenvalue weighted by Gasteiger charge is 2.14. The van der Waals surface area contributed by atoms with Gasteiger partial charge in [-0.2, -0.15) is 0 Å². The summed E-state index contributed by atoms with van der Waals surface area (Å²) in [6.07, 6.45) is 2.34. The Hall–Kier alpha value is -2.25. The smallest absolute Gasteiger partial charge is 0.340 e. The van der Waals surface area contributed by atoms with E-state index in [1.54, 1.807) is 36.4 Å². The molecule has 0 saturated heterocycles. The van der Waals surface area contributed by atoms with E-state index in [4.69, 9.17) is 21.1 Å². The zero-order chi connectivity index (χ0) is 21.1. The Morgan fingerprint density at radius 1 is 1.10 bits per heavy atom. The standard InChI is InChI=1S/C21H24BrClN2O4/c1-2-3-12-29-20(26)16-7-4-5-8-18(16)25-21(27)24-11-6-13-28-19-10-9-15(22)14-17(19)23/h4-5,7-10,14H,2-3,6,11-13H2,1H3,(H2,24,25,27). The molecule has 0 atom stereocenters. The van der Waals surface area contributed by atoms with Crippen LogP contribution in [-0.4, -0.2) is 31.8 Å². The van der Waals surface area contributed by atoms with Crippen molar-refractivity contribution in [3.8, 4) is 5.75 Å². The van der Waals surface area contributed by atoms with Crippen LogP contribution in [0.1, 0.15) is 36.5 Å². The Bertz CT molecular complexity index is 832. The van der Waals surface area contributed by atoms with Gasteiger partial charge in [0.25, 0.3) is 0 Å². The number of nitrogens with one attached hydrogen (secondary N) is 2. The number of carbonyl (C=O) groups excluding carboxylic acids is 2. The third-order valence-corrected chi connectivity index (χ3v) is 4.67. The maximum atomic E-state index is 12.2. The number of unbranched alkanes of at least 4 members (excludes halogenated alkanes) is 1. The van der Waals surface area contributed by atoms with Crippen molar-refractivity contribution in [2.24, 2.45) is 0 Å². The Morgan fingerprint density at radius 2 is 1.90 bits per heavy atom. The Labute approximate surface area is 184 Å². The number of ether oxygens (including phenoxy) is 2. The number of benzene rings is 2. The first kappa shape index (κ1) is 23.0. The zero-order valence-corrected chi connectivity index (χ0v) is 18.5. The van der Waals surface area contributed by atoms with E-state index in [0.29, 0.717) is 48.2 Å². The maximum absolute atomic E-state index is 12.2. The van der Waals surface area contributed by atoms with Crippen LogP contribution in [0.5, 0.6) is 5.75 Å². The molecule has 0 aliphatic carbocycles. The van der Waals surface area contributed by atoms with Gasteiger partial charge in [0.2, 0.25) is 0 Å². The summed E-state index contributed by atoms with van der Waals surface area (Å²) >= 11 is 9.43. The van der Waals surface area contributed by atoms with Crippen LogP contribution >= 0.6 is 27.5 Å². The molecule has 0 saturated carbocycles. The lowest BCUT2D eigenvalue weighted by Gasteiger charge is -2.12. The molecule has 8 heteroatoms. The fourth-order valence-electron chi connectivity index (χ4n) is 2.37. The molecule has 29 heavy (non-hydrogen) atoms. The molecule has 156 valence electrons. The molecule has 6 nitrogen and oxygen atoms in total. The molecule has 0 fully saturated rings. The van der Waals surface area contributed by atoms with Gasteiger partial charge in [0.15, 0.2) is 0 Å². The summed E-state index contributed by atoms with van der Waals surface area (Å²) in [6, 6.07) is 11.7. The van der Waals surface area contributed by atoms with Crippen LogP contribution in [-0.2, 0) is 4.74 Å². The van der Waals surface area contributed by atoms with Gasteiger partial charge in [-0.1, -0.05) is 53.0 Å². The predicted octanol–water partition coefficient (Wildman–Crippen LogP) is 5.65. The minimum atomic E-state index is -0.450. The van der Waals surface area contributed by atoms with Gasteiger partial charge in [-0.05, 0) is 43.2 Å². The van der Waals surface area contributed by atoms with Crippen molar-refractivity contribution in [2.75, 3.05) is 25.1 Å². The van der Waals surface area contributed by atoms with Crippen LogP contribution in [0.4, 0.5) is 10.5 Å². The monoisotopic (exact) mass is 482 g/mol. The second-order valence-corrected chi connectivity index (χ2v) is 7.52. The van der Waals surface area contributed by atoms with E-state index in [-0.39, 0.29) is 0 Å². The average Bonchev–Trinajstić information content (AvgIpc) is 2.69. The van der Waals surface area contributed by atoms with Gasteiger partial charge < -0.3 is 20.1 Å². The highest BCUT2D eigenvalue weighted by atomic mass is 79.9. The van der Waals surface area contributed by atoms with E-state index in [2.05, 4.69) is 26.6 Å². The van der Waals surface area contributed by atoms with Gasteiger partial charge in [-0.15, -0.1) is 0 Å². The van der Waals surface area contributed by atoms with E-state index in [1.165, 1.54) is 0 Å². The van der Waals surface area contributed by atoms with Crippen LogP contribution in [0.3, 0.4) is 0 Å². The minimum Gasteiger partial charge on any atom is -0.492 e. The number of hydrogen-bond acceptors (Lipinski definition) is 4. The van der Waals surface area contributed by atoms with Crippen LogP contribution in [0.2, 0.25) is 5.02 Å². The van der Waals surface area contributed by atoms with Gasteiger partial charge in [0, 0.05) is 11.0 Å². The van der Waals surface area contributed by atoms with Crippen molar-refractivity contribution in [3.05, 3.63) is 57.5 Å². The summed E-state index contributed by atoms with van der Waals surface area (Å²) < 4.78 is 11.7. The number of anilines is 1. The summed E-state index contributed by atoms with van der Waals surface area (Å²) in [6.45, 7) is 3.19. The fraction of sp³-hybridized carbons (Fsp3) is 0.333. The molecule has 2 amide bonds. The van der Waals surface area contributed by atoms with Crippen molar-refractivity contribution in [2.45, 2.75) is 26.2 Å². The Balaban J connectivity index is 1.75. The molecule has 2 aromatic rings. The fourth-order valence-corrected chi connectivity index (χ4v) is 3.10. The van der Waals surface area contributed by atoms with E-state index >= 15 is 0 Å². The van der Waals surface area contributed by atoms with Gasteiger partial charge in [0.1, 0.15) is 5.75 Å². The Kier molecular flexibility index (Phi) is 9.80. The molecule has 0 spiro atoms. The molecular formula is C21H24BrClN2O4. The van der Waals surface area contributed by atoms with Crippen molar-refractivity contribution < 1.29 is 19.1 Å². The summed E-state index contributed by atoms with van der Waals surface area (Å²) in [5, 5.41) is 5.95. The number of amides is 2. The largest absolute Gasteiger partial charge is 0.492 e. The number of halogens is 2. The lowest BCUT2D eigenvalue weighted by Crippen LogP contribution is -2.31. The van der Waals surface area contributed by atoms with E-state index in [1.807, 2.05) is 13.0 Å². The lowest BCUT2D eigenvalue weighted by molar-refractivity contribution is 0.0501. The quantitative estimate of drug-likeness (QED) is 0.338. The molecule has 0 bridgehead atoms. The van der Waals surface area contributed by atoms with Crippen LogP contribution in [0.25, 0.3) is 0 Å². The van der Waals surface area contributed by atoms with Crippen LogP contribution in [0, 0.1) is 0 Å². The van der Waals surface area contributed by atoms with E-state index in [0.717, 1.165) is 17.3 Å². The third-order valence-electron chi connectivity index (χ3n) is 3.88. The zero-order valence-electron chi connectivity index (χ0n) is 16.2. The molecule has 2 rings (SSSR count). The van der Waals surface area contributed by atoms with Gasteiger partial charge >= 0.3 is 12.0 Å². The molecule has 2 aromatic carbocycles. The van der Waals surface area contributed by atoms with Crippen molar-refractivity contribution in [1.29, 1.82) is 0 Å². The number of urea groups is 1. The van der Waals surface area contributed by atoms with E-state index < -0.39 is 12.0 Å².